The summed E-state index contributed by atoms with van der Waals surface area (Å²) in [6.07, 6.45) is 13.1. The number of esters is 1. The third-order valence-corrected chi connectivity index (χ3v) is 7.06. The maximum atomic E-state index is 12.5. The number of hydrogen-bond donors (Lipinski definition) is 0. The second-order valence-corrected chi connectivity index (χ2v) is 9.48. The van der Waals surface area contributed by atoms with Crippen LogP contribution in [-0.4, -0.2) is 5.97 Å². The molecule has 0 amide bonds. The van der Waals surface area contributed by atoms with E-state index in [0.29, 0.717) is 23.1 Å². The Morgan fingerprint density at radius 1 is 0.903 bits per heavy atom. The van der Waals surface area contributed by atoms with E-state index in [1.54, 1.807) is 0 Å². The molecule has 1 fully saturated rings. The SMILES string of the molecule is CCCCCC1CCC(c2ccc(OC(=O)c3ccc(C(C)CCC)cc3)cc2)CC1. The fourth-order valence-corrected chi connectivity index (χ4v) is 4.99. The van der Waals surface area contributed by atoms with Crippen LogP contribution >= 0.6 is 0 Å². The minimum absolute atomic E-state index is 0.282. The van der Waals surface area contributed by atoms with Gasteiger partial charge in [0.2, 0.25) is 0 Å². The first kappa shape index (κ1) is 23.6. The number of carbonyl (C=O) groups is 1. The second-order valence-electron chi connectivity index (χ2n) is 9.48. The topological polar surface area (TPSA) is 26.3 Å². The van der Waals surface area contributed by atoms with Crippen molar-refractivity contribution >= 4 is 5.97 Å². The van der Waals surface area contributed by atoms with Crippen molar-refractivity contribution in [2.24, 2.45) is 5.92 Å². The highest BCUT2D eigenvalue weighted by molar-refractivity contribution is 5.91. The van der Waals surface area contributed by atoms with E-state index >= 15 is 0 Å². The highest BCUT2D eigenvalue weighted by Gasteiger charge is 2.22. The van der Waals surface area contributed by atoms with Crippen LogP contribution in [0.5, 0.6) is 5.75 Å². The monoisotopic (exact) mass is 420 g/mol. The molecule has 1 aliphatic carbocycles. The fraction of sp³-hybridized carbons (Fsp3) is 0.552. The van der Waals surface area contributed by atoms with E-state index in [2.05, 4.69) is 45.0 Å². The average Bonchev–Trinajstić information content (AvgIpc) is 2.80. The van der Waals surface area contributed by atoms with Gasteiger partial charge in [-0.05, 0) is 85.3 Å². The zero-order chi connectivity index (χ0) is 22.1. The summed E-state index contributed by atoms with van der Waals surface area (Å²) in [5.74, 6) is 2.46. The van der Waals surface area contributed by atoms with Gasteiger partial charge in [0.25, 0.3) is 0 Å². The Morgan fingerprint density at radius 3 is 2.19 bits per heavy atom. The van der Waals surface area contributed by atoms with Gasteiger partial charge in [-0.2, -0.15) is 0 Å². The first-order valence-corrected chi connectivity index (χ1v) is 12.5. The van der Waals surface area contributed by atoms with Gasteiger partial charge in [0.1, 0.15) is 5.75 Å². The fourth-order valence-electron chi connectivity index (χ4n) is 4.99. The largest absolute Gasteiger partial charge is 0.423 e. The number of rotatable bonds is 10. The van der Waals surface area contributed by atoms with Crippen LogP contribution < -0.4 is 4.74 Å². The highest BCUT2D eigenvalue weighted by atomic mass is 16.5. The Kier molecular flexibility index (Phi) is 9.18. The summed E-state index contributed by atoms with van der Waals surface area (Å²) < 4.78 is 5.62. The molecule has 1 atom stereocenters. The Labute approximate surface area is 189 Å². The molecule has 0 spiro atoms. The average molecular weight is 421 g/mol. The maximum absolute atomic E-state index is 12.5. The summed E-state index contributed by atoms with van der Waals surface area (Å²) in [5.41, 5.74) is 3.28. The van der Waals surface area contributed by atoms with Crippen molar-refractivity contribution in [2.45, 2.75) is 96.8 Å². The lowest BCUT2D eigenvalue weighted by molar-refractivity contribution is 0.0734. The molecule has 31 heavy (non-hydrogen) atoms. The first-order valence-electron chi connectivity index (χ1n) is 12.5. The van der Waals surface area contributed by atoms with E-state index in [0.717, 1.165) is 12.3 Å². The van der Waals surface area contributed by atoms with Crippen molar-refractivity contribution in [3.8, 4) is 5.75 Å². The van der Waals surface area contributed by atoms with Gasteiger partial charge in [0, 0.05) is 0 Å². The van der Waals surface area contributed by atoms with Crippen molar-refractivity contribution in [3.05, 3.63) is 65.2 Å². The van der Waals surface area contributed by atoms with E-state index in [1.807, 2.05) is 24.3 Å². The summed E-state index contributed by atoms with van der Waals surface area (Å²) in [6.45, 7) is 6.72. The summed E-state index contributed by atoms with van der Waals surface area (Å²) in [4.78, 5) is 12.5. The summed E-state index contributed by atoms with van der Waals surface area (Å²) in [7, 11) is 0. The van der Waals surface area contributed by atoms with Gasteiger partial charge in [0.15, 0.2) is 0 Å². The molecule has 2 aromatic carbocycles. The molecule has 3 rings (SSSR count). The molecule has 1 saturated carbocycles. The molecule has 0 N–H and O–H groups in total. The maximum Gasteiger partial charge on any atom is 0.343 e. The third-order valence-electron chi connectivity index (χ3n) is 7.06. The smallest absolute Gasteiger partial charge is 0.343 e. The Bertz CT molecular complexity index is 782. The summed E-state index contributed by atoms with van der Waals surface area (Å²) >= 11 is 0. The molecule has 0 radical (unpaired) electrons. The number of carbonyl (C=O) groups excluding carboxylic acids is 1. The molecule has 0 heterocycles. The second kappa shape index (κ2) is 12.1. The Hall–Kier alpha value is -2.09. The number of benzene rings is 2. The molecular formula is C29H40O2. The van der Waals surface area contributed by atoms with Crippen LogP contribution in [0.15, 0.2) is 48.5 Å². The minimum atomic E-state index is -0.282. The van der Waals surface area contributed by atoms with Gasteiger partial charge in [-0.1, -0.05) is 77.1 Å². The predicted molar refractivity (Wildman–Crippen MR) is 130 cm³/mol. The van der Waals surface area contributed by atoms with Crippen molar-refractivity contribution in [1.82, 2.24) is 0 Å². The van der Waals surface area contributed by atoms with E-state index < -0.39 is 0 Å². The molecule has 1 aliphatic rings. The van der Waals surface area contributed by atoms with E-state index in [-0.39, 0.29) is 5.97 Å². The molecule has 0 bridgehead atoms. The Balaban J connectivity index is 1.50. The molecular weight excluding hydrogens is 380 g/mol. The molecule has 0 saturated heterocycles. The van der Waals surface area contributed by atoms with Gasteiger partial charge in [-0.3, -0.25) is 0 Å². The van der Waals surface area contributed by atoms with Crippen molar-refractivity contribution < 1.29 is 9.53 Å². The number of ether oxygens (including phenoxy) is 1. The predicted octanol–water partition coefficient (Wildman–Crippen LogP) is 8.66. The van der Waals surface area contributed by atoms with E-state index in [1.165, 1.54) is 68.9 Å². The Morgan fingerprint density at radius 2 is 1.58 bits per heavy atom. The zero-order valence-electron chi connectivity index (χ0n) is 19.7. The lowest BCUT2D eigenvalue weighted by Gasteiger charge is -2.29. The molecule has 1 unspecified atom stereocenters. The van der Waals surface area contributed by atoms with Crippen LogP contribution in [0.3, 0.4) is 0 Å². The first-order chi connectivity index (χ1) is 15.1. The van der Waals surface area contributed by atoms with Crippen molar-refractivity contribution in [1.29, 1.82) is 0 Å². The minimum Gasteiger partial charge on any atom is -0.423 e. The van der Waals surface area contributed by atoms with Gasteiger partial charge >= 0.3 is 5.97 Å². The standard InChI is InChI=1S/C29H40O2/c1-4-6-7-9-23-10-12-25(13-11-23)26-18-20-28(21-19-26)31-29(30)27-16-14-24(15-17-27)22(3)8-5-2/h14-23,25H,4-13H2,1-3H3. The normalized spacial score (nSPS) is 19.7. The molecule has 2 heteroatoms. The lowest BCUT2D eigenvalue weighted by Crippen LogP contribution is -2.13. The van der Waals surface area contributed by atoms with E-state index in [4.69, 9.17) is 4.74 Å². The number of unbranched alkanes of at least 4 members (excludes halogenated alkanes) is 2. The van der Waals surface area contributed by atoms with Gasteiger partial charge < -0.3 is 4.74 Å². The highest BCUT2D eigenvalue weighted by Crippen LogP contribution is 2.38. The molecule has 2 nitrogen and oxygen atoms in total. The van der Waals surface area contributed by atoms with Gasteiger partial charge in [-0.25, -0.2) is 4.79 Å². The van der Waals surface area contributed by atoms with Crippen LogP contribution in [0.25, 0.3) is 0 Å². The van der Waals surface area contributed by atoms with E-state index in [9.17, 15) is 4.79 Å². The lowest BCUT2D eigenvalue weighted by atomic mass is 9.77. The third kappa shape index (κ3) is 6.95. The molecule has 0 aliphatic heterocycles. The van der Waals surface area contributed by atoms with Gasteiger partial charge in [-0.15, -0.1) is 0 Å². The van der Waals surface area contributed by atoms with Gasteiger partial charge in [0.05, 0.1) is 5.56 Å². The molecule has 2 aromatic rings. The summed E-state index contributed by atoms with van der Waals surface area (Å²) in [5, 5.41) is 0. The van der Waals surface area contributed by atoms with Crippen molar-refractivity contribution in [3.63, 3.8) is 0 Å². The van der Waals surface area contributed by atoms with Crippen molar-refractivity contribution in [2.75, 3.05) is 0 Å². The molecule has 168 valence electrons. The van der Waals surface area contributed by atoms with Crippen LogP contribution in [-0.2, 0) is 0 Å². The number of hydrogen-bond acceptors (Lipinski definition) is 2. The van der Waals surface area contributed by atoms with Crippen LogP contribution in [0.1, 0.15) is 118 Å². The molecule has 0 aromatic heterocycles. The zero-order valence-corrected chi connectivity index (χ0v) is 19.7. The van der Waals surface area contributed by atoms with Crippen LogP contribution in [0, 0.1) is 5.92 Å². The quantitative estimate of drug-likeness (QED) is 0.218. The van der Waals surface area contributed by atoms with Crippen LogP contribution in [0.2, 0.25) is 0 Å². The summed E-state index contributed by atoms with van der Waals surface area (Å²) in [6, 6.07) is 16.1. The van der Waals surface area contributed by atoms with Crippen LogP contribution in [0.4, 0.5) is 0 Å².